The van der Waals surface area contributed by atoms with E-state index in [-0.39, 0.29) is 31.1 Å². The van der Waals surface area contributed by atoms with Crippen LogP contribution in [-0.4, -0.2) is 37.2 Å². The fourth-order valence-corrected chi connectivity index (χ4v) is 7.69. The van der Waals surface area contributed by atoms with Crippen molar-refractivity contribution in [3.63, 3.8) is 0 Å². The third kappa shape index (κ3) is 45.3. The summed E-state index contributed by atoms with van der Waals surface area (Å²) in [6, 6.07) is 0. The zero-order chi connectivity index (χ0) is 41.7. The number of ether oxygens (including phenoxy) is 3. The summed E-state index contributed by atoms with van der Waals surface area (Å²) in [6.45, 7) is 8.95. The Morgan fingerprint density at radius 2 is 0.579 bits per heavy atom. The number of carbonyl (C=O) groups is 3. The van der Waals surface area contributed by atoms with Crippen molar-refractivity contribution in [1.29, 1.82) is 0 Å². The Morgan fingerprint density at radius 3 is 0.860 bits per heavy atom. The van der Waals surface area contributed by atoms with Crippen molar-refractivity contribution in [3.8, 4) is 0 Å². The first-order valence-corrected chi connectivity index (χ1v) is 25.4. The molecular formula is C51H98O6. The Balaban J connectivity index is 4.24. The van der Waals surface area contributed by atoms with Crippen LogP contribution in [-0.2, 0) is 28.6 Å². The second-order valence-corrected chi connectivity index (χ2v) is 17.9. The Morgan fingerprint density at radius 1 is 0.333 bits per heavy atom. The molecule has 0 fully saturated rings. The summed E-state index contributed by atoms with van der Waals surface area (Å²) in [7, 11) is 0. The summed E-state index contributed by atoms with van der Waals surface area (Å²) >= 11 is 0. The van der Waals surface area contributed by atoms with Gasteiger partial charge >= 0.3 is 17.9 Å². The lowest BCUT2D eigenvalue weighted by molar-refractivity contribution is -0.167. The number of esters is 3. The van der Waals surface area contributed by atoms with Gasteiger partial charge in [-0.3, -0.25) is 14.4 Å². The van der Waals surface area contributed by atoms with Crippen molar-refractivity contribution in [2.45, 2.75) is 291 Å². The minimum absolute atomic E-state index is 0.0641. The molecule has 57 heavy (non-hydrogen) atoms. The molecule has 6 heteroatoms. The highest BCUT2D eigenvalue weighted by atomic mass is 16.6. The molecule has 1 atom stereocenters. The van der Waals surface area contributed by atoms with E-state index in [0.717, 1.165) is 63.7 Å². The minimum Gasteiger partial charge on any atom is -0.462 e. The van der Waals surface area contributed by atoms with Crippen LogP contribution in [0.3, 0.4) is 0 Å². The first-order valence-electron chi connectivity index (χ1n) is 25.4. The molecule has 0 bridgehead atoms. The number of carbonyl (C=O) groups excluding carboxylic acids is 3. The van der Waals surface area contributed by atoms with Crippen molar-refractivity contribution in [2.24, 2.45) is 5.92 Å². The van der Waals surface area contributed by atoms with E-state index in [0.29, 0.717) is 19.3 Å². The summed E-state index contributed by atoms with van der Waals surface area (Å²) in [6.07, 6.45) is 46.7. The summed E-state index contributed by atoms with van der Waals surface area (Å²) in [5, 5.41) is 0. The van der Waals surface area contributed by atoms with Gasteiger partial charge < -0.3 is 14.2 Å². The van der Waals surface area contributed by atoms with Gasteiger partial charge in [0.05, 0.1) is 0 Å². The SMILES string of the molecule is CCCCCCCCCCCCCCCCCCC(=O)OC[C@@H](COC(=O)CCCCCCCCCCCCCCCC)OC(=O)CCCCCCCCC(C)C. The number of hydrogen-bond acceptors (Lipinski definition) is 6. The smallest absolute Gasteiger partial charge is 0.306 e. The molecule has 0 aliphatic carbocycles. The van der Waals surface area contributed by atoms with Crippen molar-refractivity contribution >= 4 is 17.9 Å². The normalized spacial score (nSPS) is 11.9. The molecule has 6 nitrogen and oxygen atoms in total. The third-order valence-electron chi connectivity index (χ3n) is 11.5. The molecule has 0 aromatic heterocycles. The zero-order valence-corrected chi connectivity index (χ0v) is 38.8. The minimum atomic E-state index is -0.761. The average molecular weight is 807 g/mol. The van der Waals surface area contributed by atoms with E-state index in [4.69, 9.17) is 14.2 Å². The zero-order valence-electron chi connectivity index (χ0n) is 38.8. The standard InChI is InChI=1S/C51H98O6/c1-5-7-9-11-13-15-17-19-21-22-24-26-28-30-35-39-43-50(53)56-46-48(57-51(54)44-40-36-32-31-33-37-41-47(3)4)45-55-49(52)42-38-34-29-27-25-23-20-18-16-14-12-10-8-6-2/h47-48H,5-46H2,1-4H3/t48-/m1/s1. The van der Waals surface area contributed by atoms with Gasteiger partial charge in [0.25, 0.3) is 0 Å². The molecule has 0 amide bonds. The van der Waals surface area contributed by atoms with Gasteiger partial charge in [0.1, 0.15) is 13.2 Å². The molecule has 338 valence electrons. The summed E-state index contributed by atoms with van der Waals surface area (Å²) in [5.74, 6) is -0.0923. The third-order valence-corrected chi connectivity index (χ3v) is 11.5. The van der Waals surface area contributed by atoms with E-state index in [9.17, 15) is 14.4 Å². The van der Waals surface area contributed by atoms with Crippen LogP contribution in [0.2, 0.25) is 0 Å². The molecular weight excluding hydrogens is 709 g/mol. The van der Waals surface area contributed by atoms with E-state index >= 15 is 0 Å². The van der Waals surface area contributed by atoms with Crippen molar-refractivity contribution < 1.29 is 28.6 Å². The maximum absolute atomic E-state index is 12.7. The fourth-order valence-electron chi connectivity index (χ4n) is 7.69. The average Bonchev–Trinajstić information content (AvgIpc) is 3.19. The van der Waals surface area contributed by atoms with E-state index in [1.807, 2.05) is 0 Å². The highest BCUT2D eigenvalue weighted by Gasteiger charge is 2.19. The molecule has 0 aliphatic heterocycles. The van der Waals surface area contributed by atoms with Gasteiger partial charge in [0, 0.05) is 19.3 Å². The molecule has 0 unspecified atom stereocenters. The van der Waals surface area contributed by atoms with E-state index in [1.165, 1.54) is 180 Å². The van der Waals surface area contributed by atoms with Gasteiger partial charge in [-0.05, 0) is 25.2 Å². The molecule has 0 aromatic carbocycles. The van der Waals surface area contributed by atoms with E-state index < -0.39 is 6.10 Å². The largest absolute Gasteiger partial charge is 0.462 e. The van der Waals surface area contributed by atoms with Gasteiger partial charge in [-0.15, -0.1) is 0 Å². The summed E-state index contributed by atoms with van der Waals surface area (Å²) in [5.41, 5.74) is 0. The van der Waals surface area contributed by atoms with Crippen molar-refractivity contribution in [3.05, 3.63) is 0 Å². The van der Waals surface area contributed by atoms with Crippen molar-refractivity contribution in [2.75, 3.05) is 13.2 Å². The maximum atomic E-state index is 12.7. The van der Waals surface area contributed by atoms with Crippen LogP contribution in [0.15, 0.2) is 0 Å². The monoisotopic (exact) mass is 807 g/mol. The van der Waals surface area contributed by atoms with E-state index in [2.05, 4.69) is 27.7 Å². The quantitative estimate of drug-likeness (QED) is 0.0346. The topological polar surface area (TPSA) is 78.9 Å². The predicted molar refractivity (Wildman–Crippen MR) is 243 cm³/mol. The van der Waals surface area contributed by atoms with Crippen LogP contribution in [0, 0.1) is 5.92 Å². The second kappa shape index (κ2) is 45.5. The van der Waals surface area contributed by atoms with Gasteiger partial charge in [-0.2, -0.15) is 0 Å². The summed E-state index contributed by atoms with van der Waals surface area (Å²) in [4.78, 5) is 37.8. The number of unbranched alkanes of at least 4 members (excludes halogenated alkanes) is 33. The molecule has 0 N–H and O–H groups in total. The van der Waals surface area contributed by atoms with Crippen LogP contribution >= 0.6 is 0 Å². The molecule has 0 heterocycles. The molecule has 0 saturated heterocycles. The first kappa shape index (κ1) is 55.4. The van der Waals surface area contributed by atoms with E-state index in [1.54, 1.807) is 0 Å². The van der Waals surface area contributed by atoms with Gasteiger partial charge in [-0.1, -0.05) is 246 Å². The Kier molecular flexibility index (Phi) is 44.2. The van der Waals surface area contributed by atoms with Crippen LogP contribution < -0.4 is 0 Å². The molecule has 0 saturated carbocycles. The maximum Gasteiger partial charge on any atom is 0.306 e. The van der Waals surface area contributed by atoms with Crippen LogP contribution in [0.25, 0.3) is 0 Å². The predicted octanol–water partition coefficient (Wildman–Crippen LogP) is 16.3. The number of rotatable bonds is 46. The van der Waals surface area contributed by atoms with Crippen LogP contribution in [0.5, 0.6) is 0 Å². The van der Waals surface area contributed by atoms with Crippen LogP contribution in [0.4, 0.5) is 0 Å². The van der Waals surface area contributed by atoms with Gasteiger partial charge in [0.15, 0.2) is 6.10 Å². The van der Waals surface area contributed by atoms with Gasteiger partial charge in [-0.25, -0.2) is 0 Å². The lowest BCUT2D eigenvalue weighted by Crippen LogP contribution is -2.30. The van der Waals surface area contributed by atoms with Crippen molar-refractivity contribution in [1.82, 2.24) is 0 Å². The first-order chi connectivity index (χ1) is 27.9. The Bertz CT molecular complexity index is 857. The molecule has 0 radical (unpaired) electrons. The number of hydrogen-bond donors (Lipinski definition) is 0. The highest BCUT2D eigenvalue weighted by molar-refractivity contribution is 5.71. The second-order valence-electron chi connectivity index (χ2n) is 17.9. The lowest BCUT2D eigenvalue weighted by atomic mass is 10.0. The Hall–Kier alpha value is -1.59. The fraction of sp³-hybridized carbons (Fsp3) is 0.941. The Labute approximate surface area is 355 Å². The lowest BCUT2D eigenvalue weighted by Gasteiger charge is -2.18. The highest BCUT2D eigenvalue weighted by Crippen LogP contribution is 2.17. The molecule has 0 aliphatic rings. The molecule has 0 aromatic rings. The van der Waals surface area contributed by atoms with Crippen LogP contribution in [0.1, 0.15) is 285 Å². The molecule has 0 rings (SSSR count). The summed E-state index contributed by atoms with van der Waals surface area (Å²) < 4.78 is 16.8. The molecule has 0 spiro atoms. The van der Waals surface area contributed by atoms with Gasteiger partial charge in [0.2, 0.25) is 0 Å².